The summed E-state index contributed by atoms with van der Waals surface area (Å²) in [5.41, 5.74) is 6.40. The summed E-state index contributed by atoms with van der Waals surface area (Å²) in [6, 6.07) is 4.68. The highest BCUT2D eigenvalue weighted by Crippen LogP contribution is 2.26. The van der Waals surface area contributed by atoms with Crippen molar-refractivity contribution < 1.29 is 21.6 Å². The Bertz CT molecular complexity index is 652. The molecule has 0 unspecified atom stereocenters. The van der Waals surface area contributed by atoms with Gasteiger partial charge >= 0.3 is 0 Å². The molecule has 0 atom stereocenters. The molecule has 1 aromatic carbocycles. The number of hydrogen-bond donors (Lipinski definition) is 2. The zero-order valence-electron chi connectivity index (χ0n) is 10.6. The molecule has 3 N–H and O–H groups in total. The van der Waals surface area contributed by atoms with Crippen molar-refractivity contribution in [3.05, 3.63) is 23.8 Å². The van der Waals surface area contributed by atoms with Gasteiger partial charge in [0.1, 0.15) is 5.75 Å². The van der Waals surface area contributed by atoms with E-state index < -0.39 is 24.9 Å². The molecule has 0 amide bonds. The Morgan fingerprint density at radius 1 is 1.26 bits per heavy atom. The first-order chi connectivity index (χ1) is 8.67. The SMILES string of the molecule is COc1cc(CN)ccc1NS(=O)(=O)CS(C)(=O)=O. The van der Waals surface area contributed by atoms with Gasteiger partial charge in [-0.3, -0.25) is 4.72 Å². The van der Waals surface area contributed by atoms with E-state index in [2.05, 4.69) is 4.72 Å². The molecule has 0 spiro atoms. The molecule has 0 fully saturated rings. The second kappa shape index (κ2) is 5.76. The average Bonchev–Trinajstić information content (AvgIpc) is 2.25. The summed E-state index contributed by atoms with van der Waals surface area (Å²) >= 11 is 0. The summed E-state index contributed by atoms with van der Waals surface area (Å²) in [6.07, 6.45) is 0.848. The first kappa shape index (κ1) is 15.7. The van der Waals surface area contributed by atoms with Crippen molar-refractivity contribution in [2.24, 2.45) is 5.73 Å². The lowest BCUT2D eigenvalue weighted by atomic mass is 10.2. The van der Waals surface area contributed by atoms with E-state index in [-0.39, 0.29) is 18.0 Å². The van der Waals surface area contributed by atoms with Gasteiger partial charge in [0.05, 0.1) is 12.8 Å². The van der Waals surface area contributed by atoms with Gasteiger partial charge in [-0.2, -0.15) is 0 Å². The van der Waals surface area contributed by atoms with Gasteiger partial charge in [-0.25, -0.2) is 16.8 Å². The minimum absolute atomic E-state index is 0.170. The van der Waals surface area contributed by atoms with Crippen molar-refractivity contribution in [1.82, 2.24) is 0 Å². The fraction of sp³-hybridized carbons (Fsp3) is 0.400. The number of nitrogens with two attached hydrogens (primary N) is 1. The zero-order valence-corrected chi connectivity index (χ0v) is 12.2. The van der Waals surface area contributed by atoms with Gasteiger partial charge in [-0.1, -0.05) is 6.07 Å². The minimum Gasteiger partial charge on any atom is -0.495 e. The van der Waals surface area contributed by atoms with Crippen LogP contribution in [0.5, 0.6) is 5.75 Å². The van der Waals surface area contributed by atoms with Crippen molar-refractivity contribution in [3.63, 3.8) is 0 Å². The van der Waals surface area contributed by atoms with Crippen LogP contribution in [0.2, 0.25) is 0 Å². The molecule has 1 rings (SSSR count). The smallest absolute Gasteiger partial charge is 0.247 e. The predicted octanol–water partition coefficient (Wildman–Crippen LogP) is -0.102. The van der Waals surface area contributed by atoms with Crippen LogP contribution >= 0.6 is 0 Å². The van der Waals surface area contributed by atoms with E-state index in [1.54, 1.807) is 12.1 Å². The third kappa shape index (κ3) is 5.05. The summed E-state index contributed by atoms with van der Waals surface area (Å²) < 4.78 is 52.6. The lowest BCUT2D eigenvalue weighted by Crippen LogP contribution is -2.22. The monoisotopic (exact) mass is 308 g/mol. The molecule has 1 aromatic rings. The summed E-state index contributed by atoms with van der Waals surface area (Å²) in [7, 11) is -6.26. The molecule has 0 radical (unpaired) electrons. The van der Waals surface area contributed by atoms with Gasteiger partial charge < -0.3 is 10.5 Å². The maximum absolute atomic E-state index is 11.7. The van der Waals surface area contributed by atoms with Crippen LogP contribution in [0.4, 0.5) is 5.69 Å². The summed E-state index contributed by atoms with van der Waals surface area (Å²) in [5, 5.41) is -0.984. The van der Waals surface area contributed by atoms with Gasteiger partial charge in [0.2, 0.25) is 10.0 Å². The molecule has 0 saturated heterocycles. The number of sulfonamides is 1. The van der Waals surface area contributed by atoms with Gasteiger partial charge in [-0.05, 0) is 17.7 Å². The first-order valence-corrected chi connectivity index (χ1v) is 8.93. The van der Waals surface area contributed by atoms with Crippen molar-refractivity contribution in [2.45, 2.75) is 6.54 Å². The Balaban J connectivity index is 3.06. The quantitative estimate of drug-likeness (QED) is 0.758. The summed E-state index contributed by atoms with van der Waals surface area (Å²) in [5.74, 6) is 0.278. The van der Waals surface area contributed by atoms with Gasteiger partial charge in [0.25, 0.3) is 0 Å². The number of anilines is 1. The molecule has 0 aromatic heterocycles. The topological polar surface area (TPSA) is 116 Å². The molecular weight excluding hydrogens is 292 g/mol. The summed E-state index contributed by atoms with van der Waals surface area (Å²) in [4.78, 5) is 0. The summed E-state index contributed by atoms with van der Waals surface area (Å²) in [6.45, 7) is 0.284. The zero-order chi connectivity index (χ0) is 14.7. The predicted molar refractivity (Wildman–Crippen MR) is 73.1 cm³/mol. The van der Waals surface area contributed by atoms with Crippen LogP contribution < -0.4 is 15.2 Å². The Labute approximate surface area is 112 Å². The van der Waals surface area contributed by atoms with E-state index in [9.17, 15) is 16.8 Å². The second-order valence-electron chi connectivity index (χ2n) is 4.00. The van der Waals surface area contributed by atoms with Crippen LogP contribution in [0, 0.1) is 0 Å². The van der Waals surface area contributed by atoms with Crippen molar-refractivity contribution in [3.8, 4) is 5.75 Å². The van der Waals surface area contributed by atoms with E-state index in [4.69, 9.17) is 10.5 Å². The number of benzene rings is 1. The Morgan fingerprint density at radius 3 is 2.37 bits per heavy atom. The average molecular weight is 308 g/mol. The first-order valence-electron chi connectivity index (χ1n) is 5.22. The van der Waals surface area contributed by atoms with Crippen LogP contribution in [-0.2, 0) is 26.4 Å². The van der Waals surface area contributed by atoms with Crippen molar-refractivity contribution in [2.75, 3.05) is 23.2 Å². The van der Waals surface area contributed by atoms with Crippen LogP contribution in [0.1, 0.15) is 5.56 Å². The molecule has 0 aliphatic rings. The number of nitrogens with one attached hydrogen (secondary N) is 1. The van der Waals surface area contributed by atoms with E-state index in [1.807, 2.05) is 0 Å². The number of rotatable bonds is 6. The molecule has 108 valence electrons. The molecule has 0 saturated carbocycles. The van der Waals surface area contributed by atoms with Crippen LogP contribution in [0.3, 0.4) is 0 Å². The molecule has 0 aliphatic carbocycles. The molecule has 0 heterocycles. The fourth-order valence-electron chi connectivity index (χ4n) is 1.43. The van der Waals surface area contributed by atoms with Crippen LogP contribution in [0.15, 0.2) is 18.2 Å². The highest BCUT2D eigenvalue weighted by Gasteiger charge is 2.19. The highest BCUT2D eigenvalue weighted by molar-refractivity contribution is 8.08. The van der Waals surface area contributed by atoms with Crippen LogP contribution in [-0.4, -0.2) is 35.3 Å². The van der Waals surface area contributed by atoms with Crippen LogP contribution in [0.25, 0.3) is 0 Å². The maximum atomic E-state index is 11.7. The van der Waals surface area contributed by atoms with Gasteiger partial charge in [0.15, 0.2) is 14.9 Å². The number of sulfone groups is 1. The van der Waals surface area contributed by atoms with E-state index in [1.165, 1.54) is 13.2 Å². The molecule has 7 nitrogen and oxygen atoms in total. The Hall–Kier alpha value is -1.32. The fourth-order valence-corrected chi connectivity index (χ4v) is 4.42. The number of methoxy groups -OCH3 is 1. The molecule has 0 bridgehead atoms. The third-order valence-corrected chi connectivity index (χ3v) is 5.62. The molecule has 0 aliphatic heterocycles. The highest BCUT2D eigenvalue weighted by atomic mass is 32.3. The maximum Gasteiger partial charge on any atom is 0.247 e. The standard InChI is InChI=1S/C10H16N2O5S2/c1-17-10-5-8(6-11)3-4-9(10)12-19(15,16)7-18(2,13)14/h3-5,12H,6-7,11H2,1-2H3. The minimum atomic E-state index is -3.99. The van der Waals surface area contributed by atoms with Crippen molar-refractivity contribution >= 4 is 25.5 Å². The van der Waals surface area contributed by atoms with Gasteiger partial charge in [-0.15, -0.1) is 0 Å². The number of ether oxygens (including phenoxy) is 1. The largest absolute Gasteiger partial charge is 0.495 e. The van der Waals surface area contributed by atoms with E-state index in [0.29, 0.717) is 0 Å². The van der Waals surface area contributed by atoms with Crippen molar-refractivity contribution in [1.29, 1.82) is 0 Å². The lowest BCUT2D eigenvalue weighted by Gasteiger charge is -2.12. The molecule has 9 heteroatoms. The lowest BCUT2D eigenvalue weighted by molar-refractivity contribution is 0.416. The number of hydrogen-bond acceptors (Lipinski definition) is 6. The molecular formula is C10H16N2O5S2. The van der Waals surface area contributed by atoms with E-state index in [0.717, 1.165) is 11.8 Å². The Morgan fingerprint density at radius 2 is 1.89 bits per heavy atom. The van der Waals surface area contributed by atoms with Gasteiger partial charge in [0, 0.05) is 12.8 Å². The normalized spacial score (nSPS) is 12.2. The third-order valence-electron chi connectivity index (χ3n) is 2.14. The van der Waals surface area contributed by atoms with E-state index >= 15 is 0 Å². The Kier molecular flexibility index (Phi) is 4.77. The molecule has 19 heavy (non-hydrogen) atoms. The second-order valence-corrected chi connectivity index (χ2v) is 8.23.